The summed E-state index contributed by atoms with van der Waals surface area (Å²) in [4.78, 5) is 0. The fraction of sp³-hybridized carbons (Fsp3) is 1.00. The summed E-state index contributed by atoms with van der Waals surface area (Å²) in [5, 5.41) is 3.45. The first-order valence-electron chi connectivity index (χ1n) is 8.31. The summed E-state index contributed by atoms with van der Waals surface area (Å²) < 4.78 is 6.31. The summed E-state index contributed by atoms with van der Waals surface area (Å²) >= 11 is 0. The van der Waals surface area contributed by atoms with Crippen LogP contribution in [0.5, 0.6) is 0 Å². The Morgan fingerprint density at radius 2 is 2.05 bits per heavy atom. The van der Waals surface area contributed by atoms with Crippen LogP contribution < -0.4 is 5.32 Å². The largest absolute Gasteiger partial charge is 0.376 e. The second-order valence-electron chi connectivity index (χ2n) is 7.09. The molecule has 0 aliphatic heterocycles. The monoisotopic (exact) mass is 269 g/mol. The van der Waals surface area contributed by atoms with E-state index in [-0.39, 0.29) is 0 Å². The van der Waals surface area contributed by atoms with E-state index in [1.54, 1.807) is 0 Å². The van der Waals surface area contributed by atoms with Crippen LogP contribution in [-0.2, 0) is 4.74 Å². The third kappa shape index (κ3) is 5.83. The lowest BCUT2D eigenvalue weighted by molar-refractivity contribution is -0.0414. The smallest absolute Gasteiger partial charge is 0.0733 e. The lowest BCUT2D eigenvalue weighted by Gasteiger charge is -2.41. The molecule has 3 unspecified atom stereocenters. The van der Waals surface area contributed by atoms with Crippen molar-refractivity contribution in [2.45, 2.75) is 84.8 Å². The SMILES string of the molecule is CCCCC(CC)COC1CC(C)(C)CCC1NC. The van der Waals surface area contributed by atoms with E-state index in [4.69, 9.17) is 4.74 Å². The van der Waals surface area contributed by atoms with Gasteiger partial charge < -0.3 is 10.1 Å². The quantitative estimate of drug-likeness (QED) is 0.706. The molecular weight excluding hydrogens is 234 g/mol. The van der Waals surface area contributed by atoms with Crippen LogP contribution in [0.2, 0.25) is 0 Å². The number of rotatable bonds is 8. The van der Waals surface area contributed by atoms with Crippen LogP contribution in [0.15, 0.2) is 0 Å². The minimum atomic E-state index is 0.407. The van der Waals surface area contributed by atoms with Crippen LogP contribution in [0.4, 0.5) is 0 Å². The molecule has 0 radical (unpaired) electrons. The minimum Gasteiger partial charge on any atom is -0.376 e. The van der Waals surface area contributed by atoms with Gasteiger partial charge >= 0.3 is 0 Å². The molecule has 0 aromatic carbocycles. The molecule has 1 N–H and O–H groups in total. The summed E-state index contributed by atoms with van der Waals surface area (Å²) in [6, 6.07) is 0.553. The van der Waals surface area contributed by atoms with Crippen molar-refractivity contribution in [3.05, 3.63) is 0 Å². The molecule has 19 heavy (non-hydrogen) atoms. The Morgan fingerprint density at radius 1 is 1.32 bits per heavy atom. The normalized spacial score (nSPS) is 28.3. The maximum absolute atomic E-state index is 6.31. The average Bonchev–Trinajstić information content (AvgIpc) is 2.38. The molecule has 1 aliphatic rings. The number of likely N-dealkylation sites (N-methyl/N-ethyl adjacent to an activating group) is 1. The summed E-state index contributed by atoms with van der Waals surface area (Å²) in [7, 11) is 2.08. The van der Waals surface area contributed by atoms with Crippen molar-refractivity contribution in [1.29, 1.82) is 0 Å². The van der Waals surface area contributed by atoms with Crippen LogP contribution in [0.25, 0.3) is 0 Å². The molecule has 3 atom stereocenters. The zero-order valence-corrected chi connectivity index (χ0v) is 13.8. The van der Waals surface area contributed by atoms with Crippen molar-refractivity contribution >= 4 is 0 Å². The Bertz CT molecular complexity index is 239. The van der Waals surface area contributed by atoms with E-state index in [9.17, 15) is 0 Å². The van der Waals surface area contributed by atoms with Crippen LogP contribution in [0, 0.1) is 11.3 Å². The van der Waals surface area contributed by atoms with E-state index >= 15 is 0 Å². The molecular formula is C17H35NO. The van der Waals surface area contributed by atoms with Crippen molar-refractivity contribution in [3.63, 3.8) is 0 Å². The van der Waals surface area contributed by atoms with Gasteiger partial charge in [-0.3, -0.25) is 0 Å². The molecule has 1 fully saturated rings. The van der Waals surface area contributed by atoms with Gasteiger partial charge in [-0.25, -0.2) is 0 Å². The zero-order valence-electron chi connectivity index (χ0n) is 13.8. The van der Waals surface area contributed by atoms with Gasteiger partial charge in [-0.2, -0.15) is 0 Å². The molecule has 0 aromatic rings. The van der Waals surface area contributed by atoms with Crippen LogP contribution in [0.1, 0.15) is 72.6 Å². The lowest BCUT2D eigenvalue weighted by Crippen LogP contribution is -2.46. The van der Waals surface area contributed by atoms with Gasteiger partial charge in [0, 0.05) is 12.6 Å². The van der Waals surface area contributed by atoms with E-state index in [0.717, 1.165) is 12.5 Å². The van der Waals surface area contributed by atoms with E-state index < -0.39 is 0 Å². The molecule has 2 heteroatoms. The van der Waals surface area contributed by atoms with Gasteiger partial charge in [-0.1, -0.05) is 47.0 Å². The van der Waals surface area contributed by atoms with Crippen LogP contribution >= 0.6 is 0 Å². The zero-order chi connectivity index (χ0) is 14.3. The highest BCUT2D eigenvalue weighted by atomic mass is 16.5. The topological polar surface area (TPSA) is 21.3 Å². The van der Waals surface area contributed by atoms with Crippen molar-refractivity contribution in [2.24, 2.45) is 11.3 Å². The molecule has 0 spiro atoms. The number of nitrogens with one attached hydrogen (secondary N) is 1. The lowest BCUT2D eigenvalue weighted by atomic mass is 9.74. The van der Waals surface area contributed by atoms with Gasteiger partial charge in [0.05, 0.1) is 6.10 Å². The number of unbranched alkanes of at least 4 members (excludes halogenated alkanes) is 1. The Morgan fingerprint density at radius 3 is 2.63 bits per heavy atom. The Labute approximate surface area is 120 Å². The third-order valence-corrected chi connectivity index (χ3v) is 4.79. The van der Waals surface area contributed by atoms with Gasteiger partial charge in [0.15, 0.2) is 0 Å². The number of hydrogen-bond donors (Lipinski definition) is 1. The van der Waals surface area contributed by atoms with E-state index in [2.05, 4.69) is 40.1 Å². The molecule has 114 valence electrons. The first kappa shape index (κ1) is 17.0. The predicted octanol–water partition coefficient (Wildman–Crippen LogP) is 4.39. The van der Waals surface area contributed by atoms with Crippen molar-refractivity contribution in [1.82, 2.24) is 5.32 Å². The average molecular weight is 269 g/mol. The Hall–Kier alpha value is -0.0800. The van der Waals surface area contributed by atoms with E-state index in [1.165, 1.54) is 44.9 Å². The fourth-order valence-corrected chi connectivity index (χ4v) is 3.18. The molecule has 0 bridgehead atoms. The van der Waals surface area contributed by atoms with Gasteiger partial charge in [-0.05, 0) is 44.1 Å². The summed E-state index contributed by atoms with van der Waals surface area (Å²) in [6.07, 6.45) is 9.38. The van der Waals surface area contributed by atoms with Gasteiger partial charge in [0.1, 0.15) is 0 Å². The van der Waals surface area contributed by atoms with Crippen LogP contribution in [0.3, 0.4) is 0 Å². The molecule has 1 rings (SSSR count). The summed E-state index contributed by atoms with van der Waals surface area (Å²) in [5.74, 6) is 0.752. The summed E-state index contributed by atoms with van der Waals surface area (Å²) in [5.41, 5.74) is 0.448. The molecule has 0 amide bonds. The number of ether oxygens (including phenoxy) is 1. The maximum Gasteiger partial charge on any atom is 0.0733 e. The molecule has 1 aliphatic carbocycles. The first-order chi connectivity index (χ1) is 9.02. The Kier molecular flexibility index (Phi) is 7.38. The van der Waals surface area contributed by atoms with Gasteiger partial charge in [-0.15, -0.1) is 0 Å². The second-order valence-corrected chi connectivity index (χ2v) is 7.09. The van der Waals surface area contributed by atoms with Crippen molar-refractivity contribution < 1.29 is 4.74 Å². The van der Waals surface area contributed by atoms with E-state index in [1.807, 2.05) is 0 Å². The molecule has 1 saturated carbocycles. The summed E-state index contributed by atoms with van der Waals surface area (Å²) in [6.45, 7) is 10.3. The maximum atomic E-state index is 6.31. The fourth-order valence-electron chi connectivity index (χ4n) is 3.18. The molecule has 0 heterocycles. The van der Waals surface area contributed by atoms with Gasteiger partial charge in [0.2, 0.25) is 0 Å². The minimum absolute atomic E-state index is 0.407. The highest BCUT2D eigenvalue weighted by Gasteiger charge is 2.34. The van der Waals surface area contributed by atoms with Gasteiger partial charge in [0.25, 0.3) is 0 Å². The molecule has 0 saturated heterocycles. The van der Waals surface area contributed by atoms with E-state index in [0.29, 0.717) is 17.6 Å². The van der Waals surface area contributed by atoms with Crippen LogP contribution in [-0.4, -0.2) is 25.8 Å². The third-order valence-electron chi connectivity index (χ3n) is 4.79. The van der Waals surface area contributed by atoms with Crippen molar-refractivity contribution in [3.8, 4) is 0 Å². The van der Waals surface area contributed by atoms with Crippen molar-refractivity contribution in [2.75, 3.05) is 13.7 Å². The second kappa shape index (κ2) is 8.26. The Balaban J connectivity index is 2.42. The number of hydrogen-bond acceptors (Lipinski definition) is 2. The molecule has 0 aromatic heterocycles. The first-order valence-corrected chi connectivity index (χ1v) is 8.31. The highest BCUT2D eigenvalue weighted by Crippen LogP contribution is 2.37. The predicted molar refractivity (Wildman–Crippen MR) is 83.5 cm³/mol. The highest BCUT2D eigenvalue weighted by molar-refractivity contribution is 4.89. The standard InChI is InChI=1S/C17H35NO/c1-6-8-9-14(7-2)13-19-16-12-17(3,4)11-10-15(16)18-5/h14-16,18H,6-13H2,1-5H3. The molecule has 2 nitrogen and oxygen atoms in total.